The van der Waals surface area contributed by atoms with Crippen molar-refractivity contribution in [2.75, 3.05) is 6.54 Å². The van der Waals surface area contributed by atoms with Crippen molar-refractivity contribution >= 4 is 5.91 Å². The van der Waals surface area contributed by atoms with E-state index in [-0.39, 0.29) is 5.92 Å². The molecule has 86 valence electrons. The van der Waals surface area contributed by atoms with Crippen LogP contribution in [0, 0.1) is 11.8 Å². The maximum Gasteiger partial charge on any atom is 0.225 e. The highest BCUT2D eigenvalue weighted by molar-refractivity contribution is 5.78. The fraction of sp³-hybridized carbons (Fsp3) is 0.923. The Balaban J connectivity index is 2.06. The minimum absolute atomic E-state index is 0.172. The second-order valence-corrected chi connectivity index (χ2v) is 5.44. The van der Waals surface area contributed by atoms with E-state index < -0.39 is 0 Å². The van der Waals surface area contributed by atoms with E-state index in [1.54, 1.807) is 0 Å². The van der Waals surface area contributed by atoms with Gasteiger partial charge in [0.25, 0.3) is 0 Å². The lowest BCUT2D eigenvalue weighted by Gasteiger charge is -2.44. The van der Waals surface area contributed by atoms with Gasteiger partial charge in [0.15, 0.2) is 0 Å². The first-order valence-electron chi connectivity index (χ1n) is 6.50. The van der Waals surface area contributed by atoms with Crippen LogP contribution in [-0.2, 0) is 4.79 Å². The first-order valence-corrected chi connectivity index (χ1v) is 6.50. The van der Waals surface area contributed by atoms with E-state index in [1.165, 1.54) is 38.5 Å². The molecule has 0 bridgehead atoms. The van der Waals surface area contributed by atoms with Crippen LogP contribution in [0.25, 0.3) is 0 Å². The zero-order valence-electron chi connectivity index (χ0n) is 10.0. The van der Waals surface area contributed by atoms with Crippen molar-refractivity contribution in [3.63, 3.8) is 0 Å². The molecule has 2 rings (SSSR count). The molecular weight excluding hydrogens is 186 g/mol. The number of hydrogen-bond donors (Lipinski definition) is 0. The molecule has 0 N–H and O–H groups in total. The highest BCUT2D eigenvalue weighted by Crippen LogP contribution is 2.35. The first-order chi connectivity index (χ1) is 7.20. The Morgan fingerprint density at radius 1 is 1.13 bits per heavy atom. The summed E-state index contributed by atoms with van der Waals surface area (Å²) in [7, 11) is 0. The molecular formula is C13H23NO. The lowest BCUT2D eigenvalue weighted by atomic mass is 9.78. The SMILES string of the molecule is CC(C)C(=O)N1CCCC2CCCCC21. The molecule has 0 radical (unpaired) electrons. The highest BCUT2D eigenvalue weighted by atomic mass is 16.2. The summed E-state index contributed by atoms with van der Waals surface area (Å²) in [5.41, 5.74) is 0. The van der Waals surface area contributed by atoms with Gasteiger partial charge in [-0.1, -0.05) is 26.7 Å². The fourth-order valence-corrected chi connectivity index (χ4v) is 3.23. The molecule has 0 aromatic rings. The van der Waals surface area contributed by atoms with Crippen molar-refractivity contribution in [3.05, 3.63) is 0 Å². The van der Waals surface area contributed by atoms with E-state index in [4.69, 9.17) is 0 Å². The molecule has 0 spiro atoms. The van der Waals surface area contributed by atoms with E-state index >= 15 is 0 Å². The third-order valence-electron chi connectivity index (χ3n) is 4.02. The molecule has 2 unspecified atom stereocenters. The quantitative estimate of drug-likeness (QED) is 0.650. The van der Waals surface area contributed by atoms with E-state index in [2.05, 4.69) is 4.90 Å². The number of carbonyl (C=O) groups is 1. The molecule has 0 aromatic carbocycles. The Labute approximate surface area is 93.0 Å². The van der Waals surface area contributed by atoms with Gasteiger partial charge in [-0.25, -0.2) is 0 Å². The van der Waals surface area contributed by atoms with Gasteiger partial charge in [-0.2, -0.15) is 0 Å². The van der Waals surface area contributed by atoms with Crippen LogP contribution in [0.3, 0.4) is 0 Å². The monoisotopic (exact) mass is 209 g/mol. The van der Waals surface area contributed by atoms with Gasteiger partial charge in [-0.15, -0.1) is 0 Å². The van der Waals surface area contributed by atoms with Crippen LogP contribution in [0.5, 0.6) is 0 Å². The predicted molar refractivity (Wildman–Crippen MR) is 61.5 cm³/mol. The minimum atomic E-state index is 0.172. The van der Waals surface area contributed by atoms with Crippen LogP contribution >= 0.6 is 0 Å². The number of fused-ring (bicyclic) bond motifs is 1. The van der Waals surface area contributed by atoms with Gasteiger partial charge in [0, 0.05) is 18.5 Å². The predicted octanol–water partition coefficient (Wildman–Crippen LogP) is 2.82. The molecule has 1 saturated carbocycles. The molecule has 15 heavy (non-hydrogen) atoms. The van der Waals surface area contributed by atoms with Gasteiger partial charge >= 0.3 is 0 Å². The second kappa shape index (κ2) is 4.54. The number of amides is 1. The van der Waals surface area contributed by atoms with E-state index in [0.29, 0.717) is 11.9 Å². The topological polar surface area (TPSA) is 20.3 Å². The molecule has 1 saturated heterocycles. The van der Waals surface area contributed by atoms with Crippen LogP contribution < -0.4 is 0 Å². The van der Waals surface area contributed by atoms with Gasteiger partial charge in [0.1, 0.15) is 0 Å². The molecule has 2 atom stereocenters. The zero-order chi connectivity index (χ0) is 10.8. The zero-order valence-corrected chi connectivity index (χ0v) is 10.0. The Bertz CT molecular complexity index is 235. The maximum atomic E-state index is 12.1. The third-order valence-corrected chi connectivity index (χ3v) is 4.02. The molecule has 2 nitrogen and oxygen atoms in total. The molecule has 1 heterocycles. The molecule has 2 fully saturated rings. The second-order valence-electron chi connectivity index (χ2n) is 5.44. The standard InChI is InChI=1S/C13H23NO/c1-10(2)13(15)14-9-5-7-11-6-3-4-8-12(11)14/h10-12H,3-9H2,1-2H3. The number of nitrogens with zero attached hydrogens (tertiary/aromatic N) is 1. The largest absolute Gasteiger partial charge is 0.339 e. The number of likely N-dealkylation sites (tertiary alicyclic amines) is 1. The summed E-state index contributed by atoms with van der Waals surface area (Å²) < 4.78 is 0. The number of carbonyl (C=O) groups excluding carboxylic acids is 1. The number of rotatable bonds is 1. The summed E-state index contributed by atoms with van der Waals surface area (Å²) in [5, 5.41) is 0. The lowest BCUT2D eigenvalue weighted by Crippen LogP contribution is -2.50. The number of hydrogen-bond acceptors (Lipinski definition) is 1. The Kier molecular flexibility index (Phi) is 3.32. The van der Waals surface area contributed by atoms with Crippen LogP contribution in [0.1, 0.15) is 52.4 Å². The maximum absolute atomic E-state index is 12.1. The van der Waals surface area contributed by atoms with Crippen molar-refractivity contribution in [1.82, 2.24) is 4.90 Å². The van der Waals surface area contributed by atoms with Gasteiger partial charge in [0.2, 0.25) is 5.91 Å². The average molecular weight is 209 g/mol. The summed E-state index contributed by atoms with van der Waals surface area (Å²) in [6.45, 7) is 5.06. The van der Waals surface area contributed by atoms with Gasteiger partial charge < -0.3 is 4.90 Å². The van der Waals surface area contributed by atoms with Crippen LogP contribution in [0.15, 0.2) is 0 Å². The van der Waals surface area contributed by atoms with E-state index in [0.717, 1.165) is 12.5 Å². The Hall–Kier alpha value is -0.530. The molecule has 1 aliphatic heterocycles. The molecule has 2 aliphatic rings. The first kappa shape index (κ1) is 11.0. The van der Waals surface area contributed by atoms with E-state index in [1.807, 2.05) is 13.8 Å². The van der Waals surface area contributed by atoms with Crippen molar-refractivity contribution in [2.24, 2.45) is 11.8 Å². The fourth-order valence-electron chi connectivity index (χ4n) is 3.23. The summed E-state index contributed by atoms with van der Waals surface area (Å²) in [4.78, 5) is 14.3. The normalized spacial score (nSPS) is 31.5. The molecule has 1 amide bonds. The summed E-state index contributed by atoms with van der Waals surface area (Å²) in [5.74, 6) is 1.37. The van der Waals surface area contributed by atoms with Crippen molar-refractivity contribution in [3.8, 4) is 0 Å². The van der Waals surface area contributed by atoms with Crippen LogP contribution in [0.2, 0.25) is 0 Å². The smallest absolute Gasteiger partial charge is 0.225 e. The average Bonchev–Trinajstić information content (AvgIpc) is 2.27. The summed E-state index contributed by atoms with van der Waals surface area (Å²) in [6.07, 6.45) is 7.88. The van der Waals surface area contributed by atoms with Crippen molar-refractivity contribution < 1.29 is 4.79 Å². The van der Waals surface area contributed by atoms with Crippen molar-refractivity contribution in [2.45, 2.75) is 58.4 Å². The van der Waals surface area contributed by atoms with Gasteiger partial charge in [-0.3, -0.25) is 4.79 Å². The van der Waals surface area contributed by atoms with Crippen molar-refractivity contribution in [1.29, 1.82) is 0 Å². The minimum Gasteiger partial charge on any atom is -0.339 e. The molecule has 1 aliphatic carbocycles. The third kappa shape index (κ3) is 2.19. The molecule has 0 aromatic heterocycles. The van der Waals surface area contributed by atoms with Gasteiger partial charge in [0.05, 0.1) is 0 Å². The Morgan fingerprint density at radius 3 is 2.53 bits per heavy atom. The summed E-state index contributed by atoms with van der Waals surface area (Å²) >= 11 is 0. The number of piperidine rings is 1. The van der Waals surface area contributed by atoms with Crippen LogP contribution in [-0.4, -0.2) is 23.4 Å². The van der Waals surface area contributed by atoms with E-state index in [9.17, 15) is 4.79 Å². The Morgan fingerprint density at radius 2 is 1.80 bits per heavy atom. The summed E-state index contributed by atoms with van der Waals surface area (Å²) in [6, 6.07) is 0.586. The highest BCUT2D eigenvalue weighted by Gasteiger charge is 2.35. The lowest BCUT2D eigenvalue weighted by molar-refractivity contribution is -0.140. The van der Waals surface area contributed by atoms with Crippen LogP contribution in [0.4, 0.5) is 0 Å². The van der Waals surface area contributed by atoms with Gasteiger partial charge in [-0.05, 0) is 31.6 Å². The molecule has 2 heteroatoms.